The minimum absolute atomic E-state index is 0.747. The highest BCUT2D eigenvalue weighted by Crippen LogP contribution is 2.42. The van der Waals surface area contributed by atoms with Gasteiger partial charge in [0.2, 0.25) is 0 Å². The monoisotopic (exact) mass is 149 g/mol. The zero-order valence-corrected chi connectivity index (χ0v) is 6.79. The number of nitrogens with one attached hydrogen (secondary N) is 1. The number of rotatable bonds is 3. The van der Waals surface area contributed by atoms with E-state index in [2.05, 4.69) is 24.0 Å². The van der Waals surface area contributed by atoms with E-state index in [1.54, 1.807) is 0 Å². The fourth-order valence-electron chi connectivity index (χ4n) is 2.18. The summed E-state index contributed by atoms with van der Waals surface area (Å²) in [4.78, 5) is 0. The van der Waals surface area contributed by atoms with E-state index in [9.17, 15) is 0 Å². The molecule has 11 heavy (non-hydrogen) atoms. The van der Waals surface area contributed by atoms with Gasteiger partial charge in [-0.3, -0.25) is 0 Å². The first-order valence-electron chi connectivity index (χ1n) is 4.43. The van der Waals surface area contributed by atoms with Crippen LogP contribution in [0, 0.1) is 11.8 Å². The molecule has 0 saturated heterocycles. The fraction of sp³-hybridized carbons (Fsp3) is 0.600. The van der Waals surface area contributed by atoms with Crippen molar-refractivity contribution in [2.75, 3.05) is 6.54 Å². The summed E-state index contributed by atoms with van der Waals surface area (Å²) in [6.07, 6.45) is 9.31. The Morgan fingerprint density at radius 2 is 2.55 bits per heavy atom. The molecule has 3 unspecified atom stereocenters. The quantitative estimate of drug-likeness (QED) is 0.602. The zero-order valence-electron chi connectivity index (χ0n) is 6.79. The van der Waals surface area contributed by atoms with Gasteiger partial charge in [-0.2, -0.15) is 0 Å². The van der Waals surface area contributed by atoms with Crippen LogP contribution in [-0.4, -0.2) is 12.6 Å². The summed E-state index contributed by atoms with van der Waals surface area (Å²) in [5, 5.41) is 3.47. The highest BCUT2D eigenvalue weighted by molar-refractivity contribution is 5.13. The lowest BCUT2D eigenvalue weighted by atomic mass is 9.71. The van der Waals surface area contributed by atoms with E-state index in [1.807, 2.05) is 6.08 Å². The van der Waals surface area contributed by atoms with E-state index in [4.69, 9.17) is 0 Å². The van der Waals surface area contributed by atoms with E-state index < -0.39 is 0 Å². The average molecular weight is 149 g/mol. The molecule has 1 fully saturated rings. The van der Waals surface area contributed by atoms with Gasteiger partial charge in [0.25, 0.3) is 0 Å². The molecule has 60 valence electrons. The maximum absolute atomic E-state index is 3.70. The van der Waals surface area contributed by atoms with Crippen molar-refractivity contribution in [3.8, 4) is 0 Å². The Balaban J connectivity index is 1.81. The first-order valence-corrected chi connectivity index (χ1v) is 4.43. The molecule has 1 N–H and O–H groups in total. The Bertz CT molecular complexity index is 183. The van der Waals surface area contributed by atoms with Gasteiger partial charge >= 0.3 is 0 Å². The van der Waals surface area contributed by atoms with Crippen molar-refractivity contribution in [2.24, 2.45) is 11.8 Å². The molecular formula is C10H15N. The lowest BCUT2D eigenvalue weighted by Crippen LogP contribution is -2.47. The van der Waals surface area contributed by atoms with E-state index >= 15 is 0 Å². The van der Waals surface area contributed by atoms with Gasteiger partial charge in [-0.1, -0.05) is 18.2 Å². The highest BCUT2D eigenvalue weighted by atomic mass is 14.9. The van der Waals surface area contributed by atoms with Crippen LogP contribution < -0.4 is 5.32 Å². The Morgan fingerprint density at radius 3 is 3.27 bits per heavy atom. The molecule has 0 radical (unpaired) electrons. The van der Waals surface area contributed by atoms with Crippen molar-refractivity contribution in [3.05, 3.63) is 24.8 Å². The Morgan fingerprint density at radius 1 is 1.64 bits per heavy atom. The molecule has 3 atom stereocenters. The Labute approximate surface area is 68.2 Å². The molecule has 0 aliphatic heterocycles. The minimum atomic E-state index is 0.747. The standard InChI is InChI=1S/C10H15N/c1-2-6-11-10-7-8-4-3-5-9(8)10/h2-3,5,8-11H,1,4,6-7H2. The van der Waals surface area contributed by atoms with Crippen LogP contribution in [0.4, 0.5) is 0 Å². The summed E-state index contributed by atoms with van der Waals surface area (Å²) in [7, 11) is 0. The van der Waals surface area contributed by atoms with Gasteiger partial charge in [0.15, 0.2) is 0 Å². The van der Waals surface area contributed by atoms with Crippen molar-refractivity contribution >= 4 is 0 Å². The normalized spacial score (nSPS) is 39.8. The van der Waals surface area contributed by atoms with Crippen LogP contribution in [0.3, 0.4) is 0 Å². The smallest absolute Gasteiger partial charge is 0.0139 e. The minimum Gasteiger partial charge on any atom is -0.310 e. The Kier molecular flexibility index (Phi) is 1.82. The van der Waals surface area contributed by atoms with Crippen LogP contribution in [0.1, 0.15) is 12.8 Å². The maximum Gasteiger partial charge on any atom is 0.0139 e. The molecule has 0 aromatic heterocycles. The van der Waals surface area contributed by atoms with Crippen LogP contribution in [0.15, 0.2) is 24.8 Å². The SMILES string of the molecule is C=CCNC1CC2CC=CC21. The summed E-state index contributed by atoms with van der Waals surface area (Å²) in [5.74, 6) is 1.81. The van der Waals surface area contributed by atoms with Crippen molar-refractivity contribution in [1.82, 2.24) is 5.32 Å². The highest BCUT2D eigenvalue weighted by Gasteiger charge is 2.40. The van der Waals surface area contributed by atoms with Crippen molar-refractivity contribution in [3.63, 3.8) is 0 Å². The van der Waals surface area contributed by atoms with Gasteiger partial charge in [-0.15, -0.1) is 6.58 Å². The van der Waals surface area contributed by atoms with E-state index in [-0.39, 0.29) is 0 Å². The summed E-state index contributed by atoms with van der Waals surface area (Å²) >= 11 is 0. The largest absolute Gasteiger partial charge is 0.310 e. The van der Waals surface area contributed by atoms with Crippen molar-refractivity contribution < 1.29 is 0 Å². The topological polar surface area (TPSA) is 12.0 Å². The first kappa shape index (κ1) is 7.11. The van der Waals surface area contributed by atoms with Gasteiger partial charge in [-0.05, 0) is 24.7 Å². The van der Waals surface area contributed by atoms with Crippen LogP contribution in [0.2, 0.25) is 0 Å². The van der Waals surface area contributed by atoms with E-state index in [0.29, 0.717) is 0 Å². The second-order valence-electron chi connectivity index (χ2n) is 3.54. The molecule has 0 amide bonds. The second kappa shape index (κ2) is 2.82. The summed E-state index contributed by atoms with van der Waals surface area (Å²) in [6.45, 7) is 4.66. The predicted octanol–water partition coefficient (Wildman–Crippen LogP) is 1.73. The molecule has 0 aromatic carbocycles. The molecular weight excluding hydrogens is 134 g/mol. The van der Waals surface area contributed by atoms with Crippen molar-refractivity contribution in [2.45, 2.75) is 18.9 Å². The number of hydrogen-bond acceptors (Lipinski definition) is 1. The first-order chi connectivity index (χ1) is 5.42. The average Bonchev–Trinajstić information content (AvgIpc) is 2.33. The third-order valence-electron chi connectivity index (χ3n) is 2.89. The maximum atomic E-state index is 3.70. The molecule has 1 heteroatoms. The number of allylic oxidation sites excluding steroid dienone is 1. The Hall–Kier alpha value is -0.560. The summed E-state index contributed by atoms with van der Waals surface area (Å²) in [5.41, 5.74) is 0. The van der Waals surface area contributed by atoms with Gasteiger partial charge < -0.3 is 5.32 Å². The second-order valence-corrected chi connectivity index (χ2v) is 3.54. The zero-order chi connectivity index (χ0) is 7.68. The van der Waals surface area contributed by atoms with E-state index in [0.717, 1.165) is 24.4 Å². The summed E-state index contributed by atoms with van der Waals surface area (Å²) in [6, 6.07) is 0.747. The molecule has 0 heterocycles. The molecule has 0 spiro atoms. The van der Waals surface area contributed by atoms with Crippen LogP contribution in [0.5, 0.6) is 0 Å². The molecule has 2 rings (SSSR count). The third kappa shape index (κ3) is 1.14. The number of hydrogen-bond donors (Lipinski definition) is 1. The predicted molar refractivity (Wildman–Crippen MR) is 47.3 cm³/mol. The molecule has 2 aliphatic carbocycles. The lowest BCUT2D eigenvalue weighted by molar-refractivity contribution is 0.168. The fourth-order valence-corrected chi connectivity index (χ4v) is 2.18. The molecule has 1 saturated carbocycles. The third-order valence-corrected chi connectivity index (χ3v) is 2.89. The van der Waals surface area contributed by atoms with Crippen LogP contribution in [-0.2, 0) is 0 Å². The van der Waals surface area contributed by atoms with Gasteiger partial charge in [0.05, 0.1) is 0 Å². The summed E-state index contributed by atoms with van der Waals surface area (Å²) < 4.78 is 0. The molecule has 2 aliphatic rings. The van der Waals surface area contributed by atoms with Crippen molar-refractivity contribution in [1.29, 1.82) is 0 Å². The van der Waals surface area contributed by atoms with Gasteiger partial charge in [0, 0.05) is 12.6 Å². The number of fused-ring (bicyclic) bond motifs is 1. The van der Waals surface area contributed by atoms with Gasteiger partial charge in [0.1, 0.15) is 0 Å². The lowest BCUT2D eigenvalue weighted by Gasteiger charge is -2.40. The van der Waals surface area contributed by atoms with E-state index in [1.165, 1.54) is 12.8 Å². The van der Waals surface area contributed by atoms with Crippen LogP contribution >= 0.6 is 0 Å². The molecule has 0 bridgehead atoms. The van der Waals surface area contributed by atoms with Gasteiger partial charge in [-0.25, -0.2) is 0 Å². The van der Waals surface area contributed by atoms with Crippen LogP contribution in [0.25, 0.3) is 0 Å². The molecule has 0 aromatic rings. The molecule has 1 nitrogen and oxygen atoms in total.